The number of alkyl halides is 3. The highest BCUT2D eigenvalue weighted by Gasteiger charge is 2.32. The van der Waals surface area contributed by atoms with Crippen molar-refractivity contribution in [2.45, 2.75) is 50.6 Å². The van der Waals surface area contributed by atoms with E-state index in [2.05, 4.69) is 41.3 Å². The Morgan fingerprint density at radius 2 is 1.76 bits per heavy atom. The molecule has 0 atom stereocenters. The summed E-state index contributed by atoms with van der Waals surface area (Å²) in [6, 6.07) is 12.2. The molecular weight excluding hydrogens is 575 g/mol. The minimum atomic E-state index is -4.83. The monoisotopic (exact) mass is 601 g/mol. The Balaban J connectivity index is 0.00000380. The molecule has 0 aliphatic heterocycles. The van der Waals surface area contributed by atoms with Gasteiger partial charge in [0.1, 0.15) is 11.6 Å². The van der Waals surface area contributed by atoms with Gasteiger partial charge in [-0.05, 0) is 49.9 Å². The van der Waals surface area contributed by atoms with Gasteiger partial charge in [-0.15, -0.1) is 25.6 Å². The predicted molar refractivity (Wildman–Crippen MR) is 143 cm³/mol. The van der Waals surface area contributed by atoms with E-state index in [-0.39, 0.29) is 48.1 Å². The Morgan fingerprint density at radius 1 is 1.08 bits per heavy atom. The van der Waals surface area contributed by atoms with Crippen LogP contribution in [0.3, 0.4) is 0 Å². The summed E-state index contributed by atoms with van der Waals surface area (Å²) in [5.41, 5.74) is 1.04. The van der Waals surface area contributed by atoms with E-state index in [1.165, 1.54) is 12.1 Å². The lowest BCUT2D eigenvalue weighted by atomic mass is 9.91. The van der Waals surface area contributed by atoms with E-state index in [1.807, 2.05) is 43.3 Å². The van der Waals surface area contributed by atoms with Crippen LogP contribution in [0.25, 0.3) is 10.9 Å². The molecule has 1 fully saturated rings. The lowest BCUT2D eigenvalue weighted by Crippen LogP contribution is -2.41. The number of hydrogen-bond donors (Lipinski definition) is 2. The minimum absolute atomic E-state index is 0. The third-order valence-electron chi connectivity index (χ3n) is 6.04. The number of carbonyl (C=O) groups is 1. The summed E-state index contributed by atoms with van der Waals surface area (Å²) < 4.78 is 42.7. The van der Waals surface area contributed by atoms with E-state index >= 15 is 0 Å². The Labute approximate surface area is 227 Å². The third-order valence-corrected chi connectivity index (χ3v) is 6.53. The molecule has 1 aliphatic carbocycles. The molecule has 0 saturated heterocycles. The SMILES string of the molecule is CN(C)c1nc(N[C@H]2CC[C@@H](NC(=O)Cc3ccc(Br)cc3OC(F)(F)F)CC2)nc2ccccc12.Cl. The highest BCUT2D eigenvalue weighted by molar-refractivity contribution is 9.10. The van der Waals surface area contributed by atoms with Gasteiger partial charge in [0.25, 0.3) is 0 Å². The van der Waals surface area contributed by atoms with Crippen molar-refractivity contribution in [3.63, 3.8) is 0 Å². The number of ether oxygens (including phenoxy) is 1. The van der Waals surface area contributed by atoms with Crippen molar-refractivity contribution in [2.75, 3.05) is 24.3 Å². The Kier molecular flexibility index (Phi) is 9.46. The van der Waals surface area contributed by atoms with Gasteiger partial charge in [-0.3, -0.25) is 4.79 Å². The fourth-order valence-corrected chi connectivity index (χ4v) is 4.72. The van der Waals surface area contributed by atoms with E-state index in [0.717, 1.165) is 42.4 Å². The lowest BCUT2D eigenvalue weighted by Gasteiger charge is -2.30. The molecule has 3 aromatic rings. The maximum absolute atomic E-state index is 12.7. The van der Waals surface area contributed by atoms with Crippen LogP contribution in [-0.4, -0.2) is 48.4 Å². The van der Waals surface area contributed by atoms with Crippen molar-refractivity contribution >= 4 is 56.9 Å². The van der Waals surface area contributed by atoms with Gasteiger partial charge in [-0.25, -0.2) is 4.98 Å². The number of halogens is 5. The number of hydrogen-bond acceptors (Lipinski definition) is 6. The van der Waals surface area contributed by atoms with E-state index in [0.29, 0.717) is 10.4 Å². The topological polar surface area (TPSA) is 79.4 Å². The number of rotatable bonds is 7. The second-order valence-electron chi connectivity index (χ2n) is 9.02. The molecular formula is C25H28BrClF3N5O2. The summed E-state index contributed by atoms with van der Waals surface area (Å²) in [5, 5.41) is 7.36. The number of anilines is 2. The van der Waals surface area contributed by atoms with Crippen LogP contribution < -0.4 is 20.3 Å². The van der Waals surface area contributed by atoms with E-state index in [4.69, 9.17) is 0 Å². The molecule has 2 aromatic carbocycles. The molecule has 1 heterocycles. The van der Waals surface area contributed by atoms with Crippen LogP contribution in [0.4, 0.5) is 24.9 Å². The van der Waals surface area contributed by atoms with Gasteiger partial charge in [0.15, 0.2) is 0 Å². The molecule has 4 rings (SSSR count). The standard InChI is InChI=1S/C25H27BrF3N5O2.ClH/c1-34(2)23-19-5-3-4-6-20(19)32-24(33-23)31-18-11-9-17(10-12-18)30-22(35)13-15-7-8-16(26)14-21(15)36-25(27,28)29;/h3-8,14,17-18H,9-13H2,1-2H3,(H,30,35)(H,31,32,33);1H/t17-,18+;. The zero-order valence-corrected chi connectivity index (χ0v) is 22.7. The Bertz CT molecular complexity index is 1240. The minimum Gasteiger partial charge on any atom is -0.405 e. The Morgan fingerprint density at radius 3 is 2.43 bits per heavy atom. The molecule has 0 spiro atoms. The summed E-state index contributed by atoms with van der Waals surface area (Å²) in [4.78, 5) is 23.9. The predicted octanol–water partition coefficient (Wildman–Crippen LogP) is 5.86. The van der Waals surface area contributed by atoms with Crippen LogP contribution in [0.15, 0.2) is 46.9 Å². The van der Waals surface area contributed by atoms with Gasteiger partial charge in [-0.2, -0.15) is 4.98 Å². The second kappa shape index (κ2) is 12.2. The molecule has 2 N–H and O–H groups in total. The number of nitrogens with one attached hydrogen (secondary N) is 2. The highest BCUT2D eigenvalue weighted by atomic mass is 79.9. The average Bonchev–Trinajstić information content (AvgIpc) is 2.80. The molecule has 0 unspecified atom stereocenters. The van der Waals surface area contributed by atoms with Crippen molar-refractivity contribution in [1.29, 1.82) is 0 Å². The molecule has 1 aromatic heterocycles. The smallest absolute Gasteiger partial charge is 0.405 e. The van der Waals surface area contributed by atoms with Gasteiger partial charge in [0, 0.05) is 41.6 Å². The first-order valence-corrected chi connectivity index (χ1v) is 12.4. The van der Waals surface area contributed by atoms with Crippen LogP contribution in [0.2, 0.25) is 0 Å². The molecule has 12 heteroatoms. The summed E-state index contributed by atoms with van der Waals surface area (Å²) in [6.45, 7) is 0. The average molecular weight is 603 g/mol. The van der Waals surface area contributed by atoms with Crippen LogP contribution in [0.1, 0.15) is 31.2 Å². The molecule has 37 heavy (non-hydrogen) atoms. The van der Waals surface area contributed by atoms with Crippen molar-refractivity contribution < 1.29 is 22.7 Å². The largest absolute Gasteiger partial charge is 0.573 e. The molecule has 0 bridgehead atoms. The van der Waals surface area contributed by atoms with Crippen molar-refractivity contribution in [1.82, 2.24) is 15.3 Å². The second-order valence-corrected chi connectivity index (χ2v) is 9.94. The Hall–Kier alpha value is -2.79. The number of nitrogens with zero attached hydrogens (tertiary/aromatic N) is 3. The first kappa shape index (κ1) is 28.8. The fraction of sp³-hybridized carbons (Fsp3) is 0.400. The zero-order valence-electron chi connectivity index (χ0n) is 20.3. The maximum Gasteiger partial charge on any atom is 0.573 e. The van der Waals surface area contributed by atoms with E-state index < -0.39 is 6.36 Å². The molecule has 1 aliphatic rings. The number of aromatic nitrogens is 2. The molecule has 0 radical (unpaired) electrons. The summed E-state index contributed by atoms with van der Waals surface area (Å²) in [7, 11) is 3.89. The van der Waals surface area contributed by atoms with Crippen LogP contribution >= 0.6 is 28.3 Å². The van der Waals surface area contributed by atoms with E-state index in [1.54, 1.807) is 6.07 Å². The van der Waals surface area contributed by atoms with Gasteiger partial charge >= 0.3 is 6.36 Å². The quantitative estimate of drug-likeness (QED) is 0.353. The number of carbonyl (C=O) groups excluding carboxylic acids is 1. The number of benzene rings is 2. The highest BCUT2D eigenvalue weighted by Crippen LogP contribution is 2.30. The molecule has 7 nitrogen and oxygen atoms in total. The maximum atomic E-state index is 12.7. The van der Waals surface area contributed by atoms with E-state index in [9.17, 15) is 18.0 Å². The lowest BCUT2D eigenvalue weighted by molar-refractivity contribution is -0.274. The molecule has 200 valence electrons. The zero-order chi connectivity index (χ0) is 25.9. The number of fused-ring (bicyclic) bond motifs is 1. The van der Waals surface area contributed by atoms with Crippen LogP contribution in [0.5, 0.6) is 5.75 Å². The number of amides is 1. The first-order chi connectivity index (χ1) is 17.1. The third kappa shape index (κ3) is 7.85. The van der Waals surface area contributed by atoms with Gasteiger partial charge in [0.2, 0.25) is 11.9 Å². The van der Waals surface area contributed by atoms with Gasteiger partial charge in [-0.1, -0.05) is 34.1 Å². The molecule has 1 saturated carbocycles. The first-order valence-electron chi connectivity index (χ1n) is 11.6. The summed E-state index contributed by atoms with van der Waals surface area (Å²) in [5.74, 6) is 0.685. The number of para-hydroxylation sites is 1. The van der Waals surface area contributed by atoms with Crippen LogP contribution in [-0.2, 0) is 11.2 Å². The van der Waals surface area contributed by atoms with Gasteiger partial charge < -0.3 is 20.3 Å². The molecule has 1 amide bonds. The van der Waals surface area contributed by atoms with Crippen molar-refractivity contribution in [3.8, 4) is 5.75 Å². The fourth-order valence-electron chi connectivity index (χ4n) is 4.38. The summed E-state index contributed by atoms with van der Waals surface area (Å²) in [6.07, 6.45) is -1.94. The van der Waals surface area contributed by atoms with Crippen molar-refractivity contribution in [3.05, 3.63) is 52.5 Å². The normalized spacial score (nSPS) is 17.6. The van der Waals surface area contributed by atoms with Crippen LogP contribution in [0, 0.1) is 0 Å². The van der Waals surface area contributed by atoms with Gasteiger partial charge in [0.05, 0.1) is 11.9 Å². The van der Waals surface area contributed by atoms with Crippen molar-refractivity contribution in [2.24, 2.45) is 0 Å². The summed E-state index contributed by atoms with van der Waals surface area (Å²) >= 11 is 3.14.